The average Bonchev–Trinajstić information content (AvgIpc) is 1.68. The van der Waals surface area contributed by atoms with Crippen molar-refractivity contribution in [3.63, 3.8) is 0 Å². The standard InChI is InChI=1S/C4H8O3/c1-7-4(6)2-3-5/h3-4,6H,2H2,1H3. The number of aliphatic hydroxyl groups is 1. The number of hydrogen-bond acceptors (Lipinski definition) is 3. The van der Waals surface area contributed by atoms with Gasteiger partial charge in [-0.25, -0.2) is 0 Å². The van der Waals surface area contributed by atoms with Gasteiger partial charge in [0.2, 0.25) is 0 Å². The van der Waals surface area contributed by atoms with Crippen LogP contribution in [0.3, 0.4) is 0 Å². The van der Waals surface area contributed by atoms with E-state index in [-0.39, 0.29) is 6.42 Å². The van der Waals surface area contributed by atoms with Crippen LogP contribution in [0.4, 0.5) is 0 Å². The summed E-state index contributed by atoms with van der Waals surface area (Å²) in [6, 6.07) is 0. The van der Waals surface area contributed by atoms with Crippen LogP contribution in [0.5, 0.6) is 0 Å². The minimum atomic E-state index is -0.919. The summed E-state index contributed by atoms with van der Waals surface area (Å²) in [5, 5.41) is 8.40. The highest BCUT2D eigenvalue weighted by Crippen LogP contribution is 1.84. The molecular formula is C4H8O3. The molecule has 0 aromatic carbocycles. The van der Waals surface area contributed by atoms with Crippen LogP contribution in [0.25, 0.3) is 0 Å². The largest absolute Gasteiger partial charge is 0.368 e. The van der Waals surface area contributed by atoms with Gasteiger partial charge in [-0.1, -0.05) is 0 Å². The van der Waals surface area contributed by atoms with Gasteiger partial charge >= 0.3 is 0 Å². The second-order valence-electron chi connectivity index (χ2n) is 1.09. The second kappa shape index (κ2) is 3.77. The number of carbonyl (C=O) groups excluding carboxylic acids is 1. The van der Waals surface area contributed by atoms with Crippen LogP contribution in [-0.2, 0) is 9.53 Å². The van der Waals surface area contributed by atoms with E-state index in [0.717, 1.165) is 0 Å². The Labute approximate surface area is 41.9 Å². The molecule has 3 nitrogen and oxygen atoms in total. The van der Waals surface area contributed by atoms with Crippen molar-refractivity contribution < 1.29 is 14.6 Å². The first-order valence-corrected chi connectivity index (χ1v) is 1.95. The first kappa shape index (κ1) is 6.59. The highest BCUT2D eigenvalue weighted by molar-refractivity contribution is 5.49. The number of hydrogen-bond donors (Lipinski definition) is 1. The van der Waals surface area contributed by atoms with E-state index in [9.17, 15) is 4.79 Å². The van der Waals surface area contributed by atoms with Crippen LogP contribution in [-0.4, -0.2) is 24.8 Å². The Kier molecular flexibility index (Phi) is 3.55. The summed E-state index contributed by atoms with van der Waals surface area (Å²) >= 11 is 0. The van der Waals surface area contributed by atoms with Crippen molar-refractivity contribution >= 4 is 6.29 Å². The number of ether oxygens (including phenoxy) is 1. The molecule has 0 aliphatic rings. The van der Waals surface area contributed by atoms with Crippen molar-refractivity contribution in [3.8, 4) is 0 Å². The Morgan fingerprint density at radius 2 is 2.57 bits per heavy atom. The minimum Gasteiger partial charge on any atom is -0.368 e. The number of aliphatic hydroxyl groups excluding tert-OH is 1. The molecule has 0 aliphatic carbocycles. The van der Waals surface area contributed by atoms with E-state index in [4.69, 9.17) is 5.11 Å². The SMILES string of the molecule is COC(O)CC=O. The molecule has 0 saturated carbocycles. The van der Waals surface area contributed by atoms with Crippen molar-refractivity contribution in [2.45, 2.75) is 12.7 Å². The maximum atomic E-state index is 9.53. The van der Waals surface area contributed by atoms with Crippen molar-refractivity contribution in [3.05, 3.63) is 0 Å². The lowest BCUT2D eigenvalue weighted by Crippen LogP contribution is -2.08. The molecule has 0 fully saturated rings. The van der Waals surface area contributed by atoms with E-state index in [1.165, 1.54) is 7.11 Å². The van der Waals surface area contributed by atoms with E-state index in [0.29, 0.717) is 6.29 Å². The van der Waals surface area contributed by atoms with Gasteiger partial charge in [-0.15, -0.1) is 0 Å². The first-order valence-electron chi connectivity index (χ1n) is 1.95. The molecule has 0 rings (SSSR count). The lowest BCUT2D eigenvalue weighted by molar-refractivity contribution is -0.120. The van der Waals surface area contributed by atoms with E-state index in [1.54, 1.807) is 0 Å². The molecular weight excluding hydrogens is 96.0 g/mol. The fourth-order valence-electron chi connectivity index (χ4n) is 0.179. The third kappa shape index (κ3) is 3.42. The molecule has 0 radical (unpaired) electrons. The molecule has 42 valence electrons. The van der Waals surface area contributed by atoms with Gasteiger partial charge in [0.25, 0.3) is 0 Å². The van der Waals surface area contributed by atoms with Crippen LogP contribution in [0, 0.1) is 0 Å². The van der Waals surface area contributed by atoms with Gasteiger partial charge in [-0.2, -0.15) is 0 Å². The summed E-state index contributed by atoms with van der Waals surface area (Å²) in [7, 11) is 1.34. The number of rotatable bonds is 3. The summed E-state index contributed by atoms with van der Waals surface area (Å²) in [5.74, 6) is 0. The molecule has 1 N–H and O–H groups in total. The van der Waals surface area contributed by atoms with Crippen LogP contribution in [0.2, 0.25) is 0 Å². The average molecular weight is 104 g/mol. The molecule has 0 aromatic rings. The molecule has 0 spiro atoms. The van der Waals surface area contributed by atoms with Gasteiger partial charge in [-0.05, 0) is 0 Å². The van der Waals surface area contributed by atoms with Crippen LogP contribution >= 0.6 is 0 Å². The molecule has 1 atom stereocenters. The zero-order chi connectivity index (χ0) is 5.70. The van der Waals surface area contributed by atoms with Gasteiger partial charge in [0.1, 0.15) is 6.29 Å². The lowest BCUT2D eigenvalue weighted by Gasteiger charge is -1.99. The fraction of sp³-hybridized carbons (Fsp3) is 0.750. The van der Waals surface area contributed by atoms with Gasteiger partial charge in [0.15, 0.2) is 6.29 Å². The van der Waals surface area contributed by atoms with E-state index < -0.39 is 6.29 Å². The predicted molar refractivity (Wildman–Crippen MR) is 23.7 cm³/mol. The molecule has 0 bridgehead atoms. The molecule has 0 amide bonds. The topological polar surface area (TPSA) is 46.5 Å². The van der Waals surface area contributed by atoms with Crippen LogP contribution < -0.4 is 0 Å². The maximum Gasteiger partial charge on any atom is 0.160 e. The Hall–Kier alpha value is -0.410. The molecule has 0 heterocycles. The van der Waals surface area contributed by atoms with Crippen molar-refractivity contribution in [2.75, 3.05) is 7.11 Å². The summed E-state index contributed by atoms with van der Waals surface area (Å²) in [6.45, 7) is 0. The highest BCUT2D eigenvalue weighted by atomic mass is 16.6. The zero-order valence-corrected chi connectivity index (χ0v) is 4.13. The summed E-state index contributed by atoms with van der Waals surface area (Å²) in [4.78, 5) is 9.53. The Morgan fingerprint density at radius 3 is 2.71 bits per heavy atom. The summed E-state index contributed by atoms with van der Waals surface area (Å²) in [6.07, 6.45) is -0.262. The molecule has 7 heavy (non-hydrogen) atoms. The predicted octanol–water partition coefficient (Wildman–Crippen LogP) is -0.460. The quantitative estimate of drug-likeness (QED) is 0.389. The second-order valence-corrected chi connectivity index (χ2v) is 1.09. The molecule has 0 aliphatic heterocycles. The normalized spacial score (nSPS) is 13.4. The Balaban J connectivity index is 2.98. The Bertz CT molecular complexity index is 52.9. The Morgan fingerprint density at radius 1 is 2.00 bits per heavy atom. The first-order chi connectivity index (χ1) is 3.31. The molecule has 0 saturated heterocycles. The maximum absolute atomic E-state index is 9.53. The van der Waals surface area contributed by atoms with Crippen molar-refractivity contribution in [1.29, 1.82) is 0 Å². The summed E-state index contributed by atoms with van der Waals surface area (Å²) in [5.41, 5.74) is 0. The van der Waals surface area contributed by atoms with Crippen molar-refractivity contribution in [1.82, 2.24) is 0 Å². The smallest absolute Gasteiger partial charge is 0.160 e. The minimum absolute atomic E-state index is 0.0521. The third-order valence-corrected chi connectivity index (χ3v) is 0.570. The number of carbonyl (C=O) groups is 1. The van der Waals surface area contributed by atoms with E-state index in [1.807, 2.05) is 0 Å². The fourth-order valence-corrected chi connectivity index (χ4v) is 0.179. The molecule has 1 unspecified atom stereocenters. The third-order valence-electron chi connectivity index (χ3n) is 0.570. The van der Waals surface area contributed by atoms with Crippen LogP contribution in [0.1, 0.15) is 6.42 Å². The van der Waals surface area contributed by atoms with Gasteiger partial charge in [-0.3, -0.25) is 0 Å². The van der Waals surface area contributed by atoms with E-state index in [2.05, 4.69) is 4.74 Å². The van der Waals surface area contributed by atoms with Crippen LogP contribution in [0.15, 0.2) is 0 Å². The van der Waals surface area contributed by atoms with Crippen molar-refractivity contribution in [2.24, 2.45) is 0 Å². The monoisotopic (exact) mass is 104 g/mol. The molecule has 0 aromatic heterocycles. The highest BCUT2D eigenvalue weighted by Gasteiger charge is 1.95. The van der Waals surface area contributed by atoms with E-state index >= 15 is 0 Å². The molecule has 3 heteroatoms. The lowest BCUT2D eigenvalue weighted by atomic mass is 10.5. The van der Waals surface area contributed by atoms with Gasteiger partial charge < -0.3 is 14.6 Å². The zero-order valence-electron chi connectivity index (χ0n) is 4.13. The van der Waals surface area contributed by atoms with Gasteiger partial charge in [0, 0.05) is 7.11 Å². The van der Waals surface area contributed by atoms with Gasteiger partial charge in [0.05, 0.1) is 6.42 Å². The number of aldehydes is 1. The summed E-state index contributed by atoms with van der Waals surface area (Å²) < 4.78 is 4.31. The number of methoxy groups -OCH3 is 1.